The second-order valence-electron chi connectivity index (χ2n) is 6.60. The molecule has 0 aliphatic heterocycles. The number of guanidine groups is 1. The number of benzene rings is 1. The Kier molecular flexibility index (Phi) is 9.37. The quantitative estimate of drug-likeness (QED) is 0.271. The molecule has 29 heavy (non-hydrogen) atoms. The van der Waals surface area contributed by atoms with Gasteiger partial charge in [0, 0.05) is 36.7 Å². The average Bonchev–Trinajstić information content (AvgIpc) is 3.14. The molecular weight excluding hydrogens is 477 g/mol. The molecule has 0 aliphatic rings. The lowest BCUT2D eigenvalue weighted by Gasteiger charge is -2.12. The fraction of sp³-hybridized carbons (Fsp3) is 0.409. The van der Waals surface area contributed by atoms with Crippen molar-refractivity contribution in [2.45, 2.75) is 46.6 Å². The molecule has 2 N–H and O–H groups in total. The molecule has 0 fully saturated rings. The molecule has 156 valence electrons. The van der Waals surface area contributed by atoms with Gasteiger partial charge in [0.15, 0.2) is 5.96 Å². The number of rotatable bonds is 8. The first-order valence-electron chi connectivity index (χ1n) is 10.1. The molecule has 2 heterocycles. The van der Waals surface area contributed by atoms with E-state index in [-0.39, 0.29) is 24.0 Å². The number of nitrogens with one attached hydrogen (secondary N) is 2. The molecule has 0 spiro atoms. The van der Waals surface area contributed by atoms with Gasteiger partial charge < -0.3 is 15.2 Å². The number of hydrogen-bond donors (Lipinski definition) is 2. The van der Waals surface area contributed by atoms with E-state index in [2.05, 4.69) is 65.8 Å². The standard InChI is InChI=1S/C22H29N5O.HI/c1-4-19-18(20(5-2)28-27-19)15-26-22(23-6-3)25-14-12-17-10-7-9-16-11-8-13-24-21(16)17;/h7-11,13H,4-6,12,14-15H2,1-3H3,(H2,23,25,26);1H. The molecule has 3 rings (SSSR count). The highest BCUT2D eigenvalue weighted by molar-refractivity contribution is 14.0. The molecule has 3 aromatic rings. The van der Waals surface area contributed by atoms with Crippen LogP contribution in [0.2, 0.25) is 0 Å². The molecule has 0 bridgehead atoms. The van der Waals surface area contributed by atoms with E-state index in [9.17, 15) is 0 Å². The normalized spacial score (nSPS) is 11.3. The molecule has 0 amide bonds. The van der Waals surface area contributed by atoms with Gasteiger partial charge >= 0.3 is 0 Å². The first-order valence-corrected chi connectivity index (χ1v) is 10.1. The minimum Gasteiger partial charge on any atom is -0.361 e. The third-order valence-electron chi connectivity index (χ3n) is 4.75. The van der Waals surface area contributed by atoms with Gasteiger partial charge in [0.1, 0.15) is 5.76 Å². The van der Waals surface area contributed by atoms with Crippen LogP contribution in [-0.4, -0.2) is 29.2 Å². The number of hydrogen-bond acceptors (Lipinski definition) is 4. The zero-order chi connectivity index (χ0) is 19.8. The molecule has 7 heteroatoms. The molecule has 0 saturated heterocycles. The van der Waals surface area contributed by atoms with Crippen LogP contribution in [0.1, 0.15) is 43.4 Å². The molecule has 1 aromatic carbocycles. The lowest BCUT2D eigenvalue weighted by Crippen LogP contribution is -2.38. The number of aromatic nitrogens is 2. The number of para-hydroxylation sites is 1. The van der Waals surface area contributed by atoms with Crippen LogP contribution in [0, 0.1) is 0 Å². The maximum Gasteiger partial charge on any atom is 0.191 e. The van der Waals surface area contributed by atoms with Crippen molar-refractivity contribution in [1.29, 1.82) is 0 Å². The highest BCUT2D eigenvalue weighted by atomic mass is 127. The molecule has 6 nitrogen and oxygen atoms in total. The Bertz CT molecular complexity index is 911. The van der Waals surface area contributed by atoms with E-state index in [1.165, 1.54) is 10.9 Å². The smallest absolute Gasteiger partial charge is 0.191 e. The fourth-order valence-corrected chi connectivity index (χ4v) is 3.30. The van der Waals surface area contributed by atoms with Crippen LogP contribution in [0.5, 0.6) is 0 Å². The summed E-state index contributed by atoms with van der Waals surface area (Å²) in [5.41, 5.74) is 4.42. The maximum absolute atomic E-state index is 5.44. The average molecular weight is 507 g/mol. The van der Waals surface area contributed by atoms with Crippen LogP contribution in [-0.2, 0) is 25.8 Å². The minimum absolute atomic E-state index is 0. The van der Waals surface area contributed by atoms with Gasteiger partial charge in [0.2, 0.25) is 0 Å². The van der Waals surface area contributed by atoms with Gasteiger partial charge in [-0.1, -0.05) is 43.3 Å². The third kappa shape index (κ3) is 5.91. The second kappa shape index (κ2) is 11.7. The molecule has 0 radical (unpaired) electrons. The van der Waals surface area contributed by atoms with E-state index in [0.717, 1.165) is 60.8 Å². The van der Waals surface area contributed by atoms with E-state index in [1.54, 1.807) is 0 Å². The van der Waals surface area contributed by atoms with Crippen molar-refractivity contribution in [3.8, 4) is 0 Å². The summed E-state index contributed by atoms with van der Waals surface area (Å²) in [6.07, 6.45) is 4.41. The van der Waals surface area contributed by atoms with Crippen molar-refractivity contribution in [3.05, 3.63) is 59.1 Å². The van der Waals surface area contributed by atoms with Crippen molar-refractivity contribution < 1.29 is 4.52 Å². The number of aryl methyl sites for hydroxylation is 2. The Morgan fingerprint density at radius 2 is 1.90 bits per heavy atom. The largest absolute Gasteiger partial charge is 0.361 e. The lowest BCUT2D eigenvalue weighted by molar-refractivity contribution is 0.380. The molecule has 0 aliphatic carbocycles. The van der Waals surface area contributed by atoms with Gasteiger partial charge in [-0.25, -0.2) is 4.99 Å². The van der Waals surface area contributed by atoms with Crippen molar-refractivity contribution >= 4 is 40.8 Å². The highest BCUT2D eigenvalue weighted by Gasteiger charge is 2.13. The minimum atomic E-state index is 0. The van der Waals surface area contributed by atoms with Crippen molar-refractivity contribution in [1.82, 2.24) is 20.8 Å². The van der Waals surface area contributed by atoms with Gasteiger partial charge in [-0.2, -0.15) is 0 Å². The molecular formula is C22H30IN5O. The van der Waals surface area contributed by atoms with Gasteiger partial charge in [-0.15, -0.1) is 24.0 Å². The summed E-state index contributed by atoms with van der Waals surface area (Å²) in [6.45, 7) is 8.40. The number of aliphatic imine (C=N–C) groups is 1. The number of halogens is 1. The van der Waals surface area contributed by atoms with E-state index in [4.69, 9.17) is 9.52 Å². The van der Waals surface area contributed by atoms with Crippen molar-refractivity contribution in [2.24, 2.45) is 4.99 Å². The van der Waals surface area contributed by atoms with Crippen LogP contribution in [0.4, 0.5) is 0 Å². The van der Waals surface area contributed by atoms with E-state index >= 15 is 0 Å². The van der Waals surface area contributed by atoms with E-state index in [0.29, 0.717) is 6.54 Å². The topological polar surface area (TPSA) is 75.3 Å². The monoisotopic (exact) mass is 507 g/mol. The van der Waals surface area contributed by atoms with E-state index in [1.807, 2.05) is 12.3 Å². The lowest BCUT2D eigenvalue weighted by atomic mass is 10.1. The van der Waals surface area contributed by atoms with Gasteiger partial charge in [-0.3, -0.25) is 4.98 Å². The Hall–Kier alpha value is -2.16. The summed E-state index contributed by atoms with van der Waals surface area (Å²) in [6, 6.07) is 10.4. The van der Waals surface area contributed by atoms with Gasteiger partial charge in [0.25, 0.3) is 0 Å². The predicted molar refractivity (Wildman–Crippen MR) is 129 cm³/mol. The Morgan fingerprint density at radius 3 is 2.66 bits per heavy atom. The van der Waals surface area contributed by atoms with Crippen LogP contribution >= 0.6 is 24.0 Å². The zero-order valence-electron chi connectivity index (χ0n) is 17.4. The van der Waals surface area contributed by atoms with Crippen LogP contribution in [0.15, 0.2) is 46.0 Å². The van der Waals surface area contributed by atoms with Gasteiger partial charge in [-0.05, 0) is 31.4 Å². The number of fused-ring (bicyclic) bond motifs is 1. The fourth-order valence-electron chi connectivity index (χ4n) is 3.30. The molecule has 0 unspecified atom stereocenters. The Balaban J connectivity index is 0.00000300. The Labute approximate surface area is 189 Å². The Morgan fingerprint density at radius 1 is 1.07 bits per heavy atom. The van der Waals surface area contributed by atoms with Crippen molar-refractivity contribution in [2.75, 3.05) is 13.1 Å². The highest BCUT2D eigenvalue weighted by Crippen LogP contribution is 2.17. The predicted octanol–water partition coefficient (Wildman–Crippen LogP) is 4.26. The summed E-state index contributed by atoms with van der Waals surface area (Å²) >= 11 is 0. The zero-order valence-corrected chi connectivity index (χ0v) is 19.7. The van der Waals surface area contributed by atoms with Gasteiger partial charge in [0.05, 0.1) is 17.8 Å². The summed E-state index contributed by atoms with van der Waals surface area (Å²) in [5, 5.41) is 12.1. The summed E-state index contributed by atoms with van der Waals surface area (Å²) < 4.78 is 5.44. The van der Waals surface area contributed by atoms with E-state index < -0.39 is 0 Å². The van der Waals surface area contributed by atoms with Crippen LogP contribution < -0.4 is 10.6 Å². The molecule has 0 saturated carbocycles. The molecule has 0 atom stereocenters. The van der Waals surface area contributed by atoms with Crippen LogP contribution in [0.3, 0.4) is 0 Å². The number of pyridine rings is 1. The molecule has 2 aromatic heterocycles. The number of nitrogens with zero attached hydrogens (tertiary/aromatic N) is 3. The summed E-state index contributed by atoms with van der Waals surface area (Å²) in [7, 11) is 0. The first kappa shape index (κ1) is 23.1. The second-order valence-corrected chi connectivity index (χ2v) is 6.60. The van der Waals surface area contributed by atoms with Crippen LogP contribution in [0.25, 0.3) is 10.9 Å². The SMILES string of the molecule is CCNC(=NCc1c(CC)noc1CC)NCCc1cccc2cccnc12.I. The maximum atomic E-state index is 5.44. The summed E-state index contributed by atoms with van der Waals surface area (Å²) in [4.78, 5) is 9.28. The third-order valence-corrected chi connectivity index (χ3v) is 4.75. The van der Waals surface area contributed by atoms with Crippen molar-refractivity contribution in [3.63, 3.8) is 0 Å². The summed E-state index contributed by atoms with van der Waals surface area (Å²) in [5.74, 6) is 1.74. The first-order chi connectivity index (χ1) is 13.8.